The summed E-state index contributed by atoms with van der Waals surface area (Å²) < 4.78 is 10.7. The zero-order chi connectivity index (χ0) is 8.13. The Morgan fingerprint density at radius 2 is 2.33 bits per heavy atom. The number of hydrogen-bond acceptors (Lipinski definition) is 3. The molecule has 2 heterocycles. The molecule has 0 amide bonds. The van der Waals surface area contributed by atoms with Crippen molar-refractivity contribution < 1.29 is 14.3 Å². The first-order valence-corrected chi connectivity index (χ1v) is 4.33. The lowest BCUT2D eigenvalue weighted by molar-refractivity contribution is -0.116. The van der Waals surface area contributed by atoms with Crippen LogP contribution in [-0.4, -0.2) is 25.1 Å². The smallest absolute Gasteiger partial charge is 0.162 e. The number of ketones is 1. The van der Waals surface area contributed by atoms with Crippen molar-refractivity contribution in [3.8, 4) is 0 Å². The molecule has 12 heavy (non-hydrogen) atoms. The van der Waals surface area contributed by atoms with Gasteiger partial charge >= 0.3 is 0 Å². The van der Waals surface area contributed by atoms with Crippen molar-refractivity contribution in [3.63, 3.8) is 0 Å². The van der Waals surface area contributed by atoms with E-state index in [2.05, 4.69) is 0 Å². The Labute approximate surface area is 70.3 Å². The lowest BCUT2D eigenvalue weighted by Gasteiger charge is -2.22. The van der Waals surface area contributed by atoms with Crippen molar-refractivity contribution in [2.24, 2.45) is 11.8 Å². The van der Waals surface area contributed by atoms with Crippen LogP contribution >= 0.6 is 0 Å². The van der Waals surface area contributed by atoms with Crippen LogP contribution in [0.3, 0.4) is 0 Å². The Morgan fingerprint density at radius 1 is 1.42 bits per heavy atom. The Morgan fingerprint density at radius 3 is 3.25 bits per heavy atom. The molecule has 0 spiro atoms. The summed E-state index contributed by atoms with van der Waals surface area (Å²) in [6, 6.07) is 0. The van der Waals surface area contributed by atoms with Gasteiger partial charge in [0.05, 0.1) is 19.0 Å². The molecule has 0 aromatic rings. The number of carbonyl (C=O) groups excluding carboxylic acids is 1. The SMILES string of the molecule is O=C1CC2COC3COC=C1C23. The number of hydrogen-bond donors (Lipinski definition) is 0. The van der Waals surface area contributed by atoms with Crippen LogP contribution < -0.4 is 0 Å². The van der Waals surface area contributed by atoms with E-state index in [4.69, 9.17) is 9.47 Å². The molecule has 3 atom stereocenters. The third-order valence-corrected chi connectivity index (χ3v) is 3.03. The first kappa shape index (κ1) is 6.66. The molecule has 64 valence electrons. The van der Waals surface area contributed by atoms with Gasteiger partial charge in [-0.25, -0.2) is 0 Å². The first-order chi connectivity index (χ1) is 5.86. The number of Topliss-reactive ketones (excluding diaryl/α,β-unsaturated/α-hetero) is 1. The quantitative estimate of drug-likeness (QED) is 0.525. The minimum Gasteiger partial charge on any atom is -0.498 e. The summed E-state index contributed by atoms with van der Waals surface area (Å²) in [5, 5.41) is 0. The van der Waals surface area contributed by atoms with E-state index in [-0.39, 0.29) is 11.9 Å². The van der Waals surface area contributed by atoms with Crippen LogP contribution in [0.4, 0.5) is 0 Å². The third-order valence-electron chi connectivity index (χ3n) is 3.03. The van der Waals surface area contributed by atoms with Crippen molar-refractivity contribution in [1.82, 2.24) is 0 Å². The minimum atomic E-state index is 0.154. The van der Waals surface area contributed by atoms with Crippen LogP contribution in [0, 0.1) is 11.8 Å². The molecular formula is C9H10O3. The van der Waals surface area contributed by atoms with Crippen molar-refractivity contribution in [2.75, 3.05) is 13.2 Å². The topological polar surface area (TPSA) is 35.5 Å². The summed E-state index contributed by atoms with van der Waals surface area (Å²) in [5.41, 5.74) is 0.869. The largest absolute Gasteiger partial charge is 0.498 e. The van der Waals surface area contributed by atoms with E-state index >= 15 is 0 Å². The zero-order valence-electron chi connectivity index (χ0n) is 6.66. The van der Waals surface area contributed by atoms with E-state index in [0.717, 1.165) is 12.2 Å². The molecule has 1 saturated heterocycles. The lowest BCUT2D eigenvalue weighted by atomic mass is 9.91. The van der Waals surface area contributed by atoms with Crippen molar-refractivity contribution in [1.29, 1.82) is 0 Å². The second-order valence-corrected chi connectivity index (χ2v) is 3.69. The summed E-state index contributed by atoms with van der Waals surface area (Å²) in [6.07, 6.45) is 2.45. The van der Waals surface area contributed by atoms with Crippen molar-refractivity contribution in [2.45, 2.75) is 12.5 Å². The third kappa shape index (κ3) is 0.672. The second kappa shape index (κ2) is 2.10. The van der Waals surface area contributed by atoms with E-state index in [9.17, 15) is 4.79 Å². The van der Waals surface area contributed by atoms with E-state index in [1.165, 1.54) is 0 Å². The fourth-order valence-electron chi connectivity index (χ4n) is 2.47. The fourth-order valence-corrected chi connectivity index (χ4v) is 2.47. The van der Waals surface area contributed by atoms with Crippen LogP contribution in [-0.2, 0) is 14.3 Å². The van der Waals surface area contributed by atoms with Crippen LogP contribution in [0.25, 0.3) is 0 Å². The molecule has 1 saturated carbocycles. The van der Waals surface area contributed by atoms with Gasteiger partial charge in [-0.2, -0.15) is 0 Å². The molecule has 1 aliphatic carbocycles. The Bertz CT molecular complexity index is 269. The highest BCUT2D eigenvalue weighted by Crippen LogP contribution is 2.44. The van der Waals surface area contributed by atoms with Crippen LogP contribution in [0.1, 0.15) is 6.42 Å². The van der Waals surface area contributed by atoms with Gasteiger partial charge in [-0.3, -0.25) is 4.79 Å². The van der Waals surface area contributed by atoms with Crippen molar-refractivity contribution in [3.05, 3.63) is 11.8 Å². The summed E-state index contributed by atoms with van der Waals surface area (Å²) in [4.78, 5) is 11.4. The maximum atomic E-state index is 11.4. The van der Waals surface area contributed by atoms with Crippen LogP contribution in [0.2, 0.25) is 0 Å². The van der Waals surface area contributed by atoms with Gasteiger partial charge in [0.2, 0.25) is 0 Å². The summed E-state index contributed by atoms with van der Waals surface area (Å²) in [6.45, 7) is 1.36. The number of ether oxygens (including phenoxy) is 2. The Hall–Kier alpha value is -0.830. The minimum absolute atomic E-state index is 0.154. The molecule has 0 N–H and O–H groups in total. The molecule has 3 aliphatic rings. The fraction of sp³-hybridized carbons (Fsp3) is 0.667. The second-order valence-electron chi connectivity index (χ2n) is 3.69. The van der Waals surface area contributed by atoms with Gasteiger partial charge < -0.3 is 9.47 Å². The van der Waals surface area contributed by atoms with Gasteiger partial charge in [0, 0.05) is 17.9 Å². The van der Waals surface area contributed by atoms with E-state index in [1.54, 1.807) is 6.26 Å². The highest BCUT2D eigenvalue weighted by Gasteiger charge is 2.49. The standard InChI is InChI=1S/C9H10O3/c10-7-1-5-2-12-8-4-11-3-6(7)9(5)8/h3,5,8-9H,1-2,4H2. The number of rotatable bonds is 0. The highest BCUT2D eigenvalue weighted by molar-refractivity contribution is 5.98. The van der Waals surface area contributed by atoms with Crippen LogP contribution in [0.15, 0.2) is 11.8 Å². The molecular weight excluding hydrogens is 156 g/mol. The maximum absolute atomic E-state index is 11.4. The molecule has 3 heteroatoms. The molecule has 0 aromatic heterocycles. The predicted molar refractivity (Wildman–Crippen MR) is 40.4 cm³/mol. The zero-order valence-corrected chi connectivity index (χ0v) is 6.66. The molecule has 3 rings (SSSR count). The van der Waals surface area contributed by atoms with Gasteiger partial charge in [-0.15, -0.1) is 0 Å². The monoisotopic (exact) mass is 166 g/mol. The lowest BCUT2D eigenvalue weighted by Crippen LogP contribution is -2.27. The van der Waals surface area contributed by atoms with E-state index in [0.29, 0.717) is 24.9 Å². The highest BCUT2D eigenvalue weighted by atomic mass is 16.5. The van der Waals surface area contributed by atoms with Crippen LogP contribution in [0.5, 0.6) is 0 Å². The maximum Gasteiger partial charge on any atom is 0.162 e. The Kier molecular flexibility index (Phi) is 1.17. The van der Waals surface area contributed by atoms with Gasteiger partial charge in [0.15, 0.2) is 5.78 Å². The average molecular weight is 166 g/mol. The number of carbonyl (C=O) groups is 1. The first-order valence-electron chi connectivity index (χ1n) is 4.33. The van der Waals surface area contributed by atoms with Crippen molar-refractivity contribution >= 4 is 5.78 Å². The average Bonchev–Trinajstić information content (AvgIpc) is 2.61. The van der Waals surface area contributed by atoms with E-state index in [1.807, 2.05) is 0 Å². The van der Waals surface area contributed by atoms with Gasteiger partial charge in [0.1, 0.15) is 6.61 Å². The normalized spacial score (nSPS) is 43.8. The van der Waals surface area contributed by atoms with E-state index < -0.39 is 0 Å². The van der Waals surface area contributed by atoms with Gasteiger partial charge in [-0.1, -0.05) is 0 Å². The summed E-state index contributed by atoms with van der Waals surface area (Å²) in [5.74, 6) is 1.06. The molecule has 0 aromatic carbocycles. The molecule has 3 unspecified atom stereocenters. The summed E-state index contributed by atoms with van der Waals surface area (Å²) in [7, 11) is 0. The molecule has 0 radical (unpaired) electrons. The molecule has 2 aliphatic heterocycles. The predicted octanol–water partition coefficient (Wildman–Crippen LogP) is 0.504. The Balaban J connectivity index is 2.05. The summed E-state index contributed by atoms with van der Waals surface area (Å²) >= 11 is 0. The van der Waals surface area contributed by atoms with Gasteiger partial charge in [-0.05, 0) is 5.92 Å². The van der Waals surface area contributed by atoms with Gasteiger partial charge in [0.25, 0.3) is 0 Å². The molecule has 0 bridgehead atoms. The molecule has 2 fully saturated rings. The molecule has 3 nitrogen and oxygen atoms in total.